The van der Waals surface area contributed by atoms with Gasteiger partial charge in [0.25, 0.3) is 5.56 Å². The maximum Gasteiger partial charge on any atom is 0.262 e. The molecule has 0 saturated carbocycles. The number of thiophene rings is 1. The number of amides is 1. The zero-order valence-electron chi connectivity index (χ0n) is 14.4. The number of hydrogen-bond acceptors (Lipinski definition) is 5. The molecule has 5 nitrogen and oxygen atoms in total. The monoisotopic (exact) mass is 353 g/mol. The number of aromatic nitrogens is 2. The molecular formula is C16H23N3O2S2. The molecular weight excluding hydrogens is 330 g/mol. The molecule has 1 atom stereocenters. The molecule has 0 bridgehead atoms. The lowest BCUT2D eigenvalue weighted by atomic mass is 10.2. The summed E-state index contributed by atoms with van der Waals surface area (Å²) in [7, 11) is 1.71. The van der Waals surface area contributed by atoms with Gasteiger partial charge in [0, 0.05) is 18.5 Å². The topological polar surface area (TPSA) is 64.0 Å². The molecule has 0 aliphatic rings. The maximum absolute atomic E-state index is 12.6. The van der Waals surface area contributed by atoms with E-state index in [1.807, 2.05) is 20.8 Å². The highest BCUT2D eigenvalue weighted by Crippen LogP contribution is 2.29. The van der Waals surface area contributed by atoms with E-state index in [9.17, 15) is 9.59 Å². The van der Waals surface area contributed by atoms with Crippen molar-refractivity contribution in [1.82, 2.24) is 14.9 Å². The van der Waals surface area contributed by atoms with Gasteiger partial charge in [-0.15, -0.1) is 11.3 Å². The van der Waals surface area contributed by atoms with Crippen LogP contribution in [0.15, 0.2) is 9.95 Å². The van der Waals surface area contributed by atoms with Crippen LogP contribution in [0.4, 0.5) is 0 Å². The van der Waals surface area contributed by atoms with Gasteiger partial charge in [-0.05, 0) is 32.3 Å². The molecule has 0 spiro atoms. The lowest BCUT2D eigenvalue weighted by Crippen LogP contribution is -2.34. The van der Waals surface area contributed by atoms with E-state index in [2.05, 4.69) is 24.1 Å². The van der Waals surface area contributed by atoms with Gasteiger partial charge in [0.2, 0.25) is 5.91 Å². The predicted molar refractivity (Wildman–Crippen MR) is 97.5 cm³/mol. The number of nitrogens with one attached hydrogen (secondary N) is 1. The fourth-order valence-corrected chi connectivity index (χ4v) is 4.09. The van der Waals surface area contributed by atoms with Crippen LogP contribution >= 0.6 is 23.1 Å². The van der Waals surface area contributed by atoms with Crippen LogP contribution in [0.3, 0.4) is 0 Å². The van der Waals surface area contributed by atoms with Crippen LogP contribution in [0.1, 0.15) is 31.2 Å². The fourth-order valence-electron chi connectivity index (χ4n) is 2.12. The summed E-state index contributed by atoms with van der Waals surface area (Å²) < 4.78 is 1.54. The van der Waals surface area contributed by atoms with Crippen molar-refractivity contribution in [1.29, 1.82) is 0 Å². The molecule has 1 amide bonds. The van der Waals surface area contributed by atoms with E-state index < -0.39 is 0 Å². The average molecular weight is 354 g/mol. The second-order valence-electron chi connectivity index (χ2n) is 6.12. The van der Waals surface area contributed by atoms with Gasteiger partial charge < -0.3 is 5.32 Å². The number of fused-ring (bicyclic) bond motifs is 1. The predicted octanol–water partition coefficient (Wildman–Crippen LogP) is 2.86. The third-order valence-corrected chi connectivity index (χ3v) is 5.95. The first-order chi connectivity index (χ1) is 10.7. The van der Waals surface area contributed by atoms with Crippen molar-refractivity contribution in [2.75, 3.05) is 6.54 Å². The summed E-state index contributed by atoms with van der Waals surface area (Å²) in [6.45, 7) is 10.5. The summed E-state index contributed by atoms with van der Waals surface area (Å²) in [4.78, 5) is 31.1. The van der Waals surface area contributed by atoms with Crippen molar-refractivity contribution in [3.8, 4) is 0 Å². The molecule has 7 heteroatoms. The Morgan fingerprint density at radius 1 is 1.35 bits per heavy atom. The van der Waals surface area contributed by atoms with Crippen LogP contribution < -0.4 is 10.9 Å². The summed E-state index contributed by atoms with van der Waals surface area (Å²) in [5.74, 6) is 0.378. The van der Waals surface area contributed by atoms with Crippen LogP contribution in [-0.4, -0.2) is 27.3 Å². The molecule has 0 fully saturated rings. The van der Waals surface area contributed by atoms with Crippen LogP contribution in [0, 0.1) is 19.8 Å². The molecule has 2 rings (SSSR count). The van der Waals surface area contributed by atoms with Crippen molar-refractivity contribution in [2.24, 2.45) is 13.0 Å². The first-order valence-electron chi connectivity index (χ1n) is 7.63. The number of thioether (sulfide) groups is 1. The van der Waals surface area contributed by atoms with Gasteiger partial charge in [-0.25, -0.2) is 4.98 Å². The summed E-state index contributed by atoms with van der Waals surface area (Å²) in [5.41, 5.74) is 0.950. The Bertz CT molecular complexity index is 793. The third kappa shape index (κ3) is 3.77. The Balaban J connectivity index is 2.28. The normalized spacial score (nSPS) is 12.8. The Morgan fingerprint density at radius 3 is 2.61 bits per heavy atom. The lowest BCUT2D eigenvalue weighted by Gasteiger charge is -2.14. The zero-order chi connectivity index (χ0) is 17.3. The van der Waals surface area contributed by atoms with E-state index in [-0.39, 0.29) is 16.7 Å². The van der Waals surface area contributed by atoms with Gasteiger partial charge >= 0.3 is 0 Å². The molecule has 23 heavy (non-hydrogen) atoms. The molecule has 0 saturated heterocycles. The number of carbonyl (C=O) groups is 1. The molecule has 126 valence electrons. The second kappa shape index (κ2) is 7.05. The SMILES string of the molecule is Cc1sc2nc(SC(C)C(=O)NCC(C)C)n(C)c(=O)c2c1C. The molecule has 2 aromatic rings. The zero-order valence-corrected chi connectivity index (χ0v) is 16.0. The van der Waals surface area contributed by atoms with Crippen LogP contribution in [-0.2, 0) is 11.8 Å². The van der Waals surface area contributed by atoms with Gasteiger partial charge in [0.05, 0.1) is 10.6 Å². The number of nitrogens with zero attached hydrogens (tertiary/aromatic N) is 2. The molecule has 1 unspecified atom stereocenters. The van der Waals surface area contributed by atoms with Gasteiger partial charge in [-0.1, -0.05) is 25.6 Å². The Hall–Kier alpha value is -1.34. The standard InChI is InChI=1S/C16H23N3O2S2/c1-8(2)7-17-13(20)11(5)23-16-18-14-12(15(21)19(16)6)9(3)10(4)22-14/h8,11H,7H2,1-6H3,(H,17,20). The van der Waals surface area contributed by atoms with Crippen molar-refractivity contribution >= 4 is 39.2 Å². The van der Waals surface area contributed by atoms with Gasteiger partial charge in [0.1, 0.15) is 4.83 Å². The highest BCUT2D eigenvalue weighted by Gasteiger charge is 2.20. The van der Waals surface area contributed by atoms with Crippen molar-refractivity contribution in [3.63, 3.8) is 0 Å². The quantitative estimate of drug-likeness (QED) is 0.663. The molecule has 0 aromatic carbocycles. The summed E-state index contributed by atoms with van der Waals surface area (Å²) in [6, 6.07) is 0. The summed E-state index contributed by atoms with van der Waals surface area (Å²) in [6.07, 6.45) is 0. The minimum atomic E-state index is -0.300. The Morgan fingerprint density at radius 2 is 2.00 bits per heavy atom. The fraction of sp³-hybridized carbons (Fsp3) is 0.562. The first-order valence-corrected chi connectivity index (χ1v) is 9.33. The van der Waals surface area contributed by atoms with Crippen LogP contribution in [0.25, 0.3) is 10.2 Å². The summed E-state index contributed by atoms with van der Waals surface area (Å²) >= 11 is 2.85. The van der Waals surface area contributed by atoms with Crippen LogP contribution in [0.5, 0.6) is 0 Å². The number of rotatable bonds is 5. The average Bonchev–Trinajstić information content (AvgIpc) is 2.76. The number of aryl methyl sites for hydroxylation is 2. The largest absolute Gasteiger partial charge is 0.355 e. The van der Waals surface area contributed by atoms with E-state index in [1.165, 1.54) is 23.1 Å². The number of hydrogen-bond donors (Lipinski definition) is 1. The van der Waals surface area contributed by atoms with E-state index in [1.54, 1.807) is 11.6 Å². The first kappa shape index (κ1) is 18.0. The maximum atomic E-state index is 12.6. The molecule has 1 N–H and O–H groups in total. The molecule has 0 aliphatic heterocycles. The van der Waals surface area contributed by atoms with Crippen molar-refractivity contribution < 1.29 is 4.79 Å². The van der Waals surface area contributed by atoms with E-state index >= 15 is 0 Å². The molecule has 0 aliphatic carbocycles. The highest BCUT2D eigenvalue weighted by atomic mass is 32.2. The smallest absolute Gasteiger partial charge is 0.262 e. The van der Waals surface area contributed by atoms with E-state index in [0.29, 0.717) is 23.0 Å². The number of carbonyl (C=O) groups excluding carboxylic acids is 1. The van der Waals surface area contributed by atoms with Gasteiger partial charge in [0.15, 0.2) is 5.16 Å². The van der Waals surface area contributed by atoms with Crippen LogP contribution in [0.2, 0.25) is 0 Å². The highest BCUT2D eigenvalue weighted by molar-refractivity contribution is 8.00. The third-order valence-electron chi connectivity index (χ3n) is 3.71. The molecule has 2 aromatic heterocycles. The van der Waals surface area contributed by atoms with Crippen molar-refractivity contribution in [3.05, 3.63) is 20.8 Å². The van der Waals surface area contributed by atoms with E-state index in [0.717, 1.165) is 15.3 Å². The van der Waals surface area contributed by atoms with Gasteiger partial charge in [-0.2, -0.15) is 0 Å². The Kier molecular flexibility index (Phi) is 5.52. The van der Waals surface area contributed by atoms with Crippen molar-refractivity contribution in [2.45, 2.75) is 45.0 Å². The minimum absolute atomic E-state index is 0.0309. The molecule has 0 radical (unpaired) electrons. The molecule has 2 heterocycles. The lowest BCUT2D eigenvalue weighted by molar-refractivity contribution is -0.120. The minimum Gasteiger partial charge on any atom is -0.355 e. The second-order valence-corrected chi connectivity index (χ2v) is 8.63. The summed E-state index contributed by atoms with van der Waals surface area (Å²) in [5, 5.41) is 3.89. The van der Waals surface area contributed by atoms with Gasteiger partial charge in [-0.3, -0.25) is 14.2 Å². The van der Waals surface area contributed by atoms with E-state index in [4.69, 9.17) is 0 Å². The Labute approximate surface area is 144 Å².